The van der Waals surface area contributed by atoms with Gasteiger partial charge in [0.05, 0.1) is 17.3 Å². The normalized spacial score (nSPS) is 13.0. The lowest BCUT2D eigenvalue weighted by molar-refractivity contribution is 0.379. The molecule has 0 bridgehead atoms. The lowest BCUT2D eigenvalue weighted by atomic mass is 9.92. The third-order valence-corrected chi connectivity index (χ3v) is 5.20. The van der Waals surface area contributed by atoms with Crippen molar-refractivity contribution in [3.05, 3.63) is 128 Å². The molecule has 2 N–H and O–H groups in total. The Morgan fingerprint density at radius 1 is 0.781 bits per heavy atom. The summed E-state index contributed by atoms with van der Waals surface area (Å²) in [5.74, 6) is -0.940. The van der Waals surface area contributed by atoms with E-state index in [4.69, 9.17) is 4.84 Å². The van der Waals surface area contributed by atoms with Crippen molar-refractivity contribution in [2.45, 2.75) is 19.0 Å². The van der Waals surface area contributed by atoms with E-state index in [9.17, 15) is 18.4 Å². The topological polar surface area (TPSA) is 67.4 Å². The fourth-order valence-corrected chi connectivity index (χ4v) is 3.49. The molecule has 0 aliphatic carbocycles. The van der Waals surface area contributed by atoms with Crippen LogP contribution in [0.25, 0.3) is 0 Å². The molecule has 2 atom stereocenters. The zero-order valence-electron chi connectivity index (χ0n) is 17.1. The van der Waals surface area contributed by atoms with Crippen molar-refractivity contribution in [3.63, 3.8) is 0 Å². The fraction of sp³-hybridized carbons (Fsp3) is 0.120. The molecule has 32 heavy (non-hydrogen) atoms. The molecule has 0 aromatic heterocycles. The van der Waals surface area contributed by atoms with Gasteiger partial charge in [-0.2, -0.15) is 0 Å². The summed E-state index contributed by atoms with van der Waals surface area (Å²) >= 11 is 0. The van der Waals surface area contributed by atoms with E-state index in [2.05, 4.69) is 10.8 Å². The monoisotopic (exact) mass is 434 g/mol. The maximum Gasteiger partial charge on any atom is 0.271 e. The second-order valence-corrected chi connectivity index (χ2v) is 7.40. The van der Waals surface area contributed by atoms with Crippen LogP contribution in [0, 0.1) is 11.6 Å². The summed E-state index contributed by atoms with van der Waals surface area (Å²) in [6.45, 7) is 1.81. The molecule has 4 aromatic rings. The minimum Gasteiger partial charge on any atom is -0.377 e. The van der Waals surface area contributed by atoms with Crippen molar-refractivity contribution in [2.24, 2.45) is 0 Å². The highest BCUT2D eigenvalue weighted by molar-refractivity contribution is 5.49. The molecule has 162 valence electrons. The molecule has 0 heterocycles. The molecule has 0 radical (unpaired) electrons. The highest BCUT2D eigenvalue weighted by atomic mass is 19.1. The fourth-order valence-electron chi connectivity index (χ4n) is 3.49. The standard InChI is InChI=1S/C25H20F2N2O3/c1-15(17-6-5-7-19(27)14-17)28-22(16-10-12-18(26)13-11-16)21-23(30)24(31)25(21)32-29-20-8-3-2-4-9-20/h2-15,22,28-29H,1H3/t15-,22?/m1/s1. The van der Waals surface area contributed by atoms with E-state index in [0.29, 0.717) is 16.8 Å². The molecular formula is C25H20F2N2O3. The van der Waals surface area contributed by atoms with Gasteiger partial charge in [-0.25, -0.2) is 14.3 Å². The first kappa shape index (κ1) is 21.4. The Balaban J connectivity index is 1.67. The van der Waals surface area contributed by atoms with Gasteiger partial charge < -0.3 is 4.84 Å². The number of benzene rings is 3. The Morgan fingerprint density at radius 3 is 2.19 bits per heavy atom. The molecule has 1 unspecified atom stereocenters. The van der Waals surface area contributed by atoms with Gasteiger partial charge in [-0.3, -0.25) is 14.9 Å². The largest absolute Gasteiger partial charge is 0.377 e. The second kappa shape index (κ2) is 9.11. The number of hydrogen-bond acceptors (Lipinski definition) is 5. The van der Waals surface area contributed by atoms with Crippen LogP contribution in [-0.2, 0) is 0 Å². The Bertz CT molecular complexity index is 1280. The summed E-state index contributed by atoms with van der Waals surface area (Å²) in [4.78, 5) is 30.3. The van der Waals surface area contributed by atoms with Crippen molar-refractivity contribution in [1.29, 1.82) is 0 Å². The molecule has 0 amide bonds. The van der Waals surface area contributed by atoms with Gasteiger partial charge in [-0.1, -0.05) is 42.5 Å². The van der Waals surface area contributed by atoms with E-state index in [-0.39, 0.29) is 23.2 Å². The Labute approximate surface area is 182 Å². The Hall–Kier alpha value is -3.84. The average Bonchev–Trinajstić information content (AvgIpc) is 2.81. The van der Waals surface area contributed by atoms with Crippen LogP contribution in [0.3, 0.4) is 0 Å². The number of nitrogens with one attached hydrogen (secondary N) is 2. The lowest BCUT2D eigenvalue weighted by Crippen LogP contribution is -2.43. The SMILES string of the molecule is C[C@@H](NC(c1ccc(F)cc1)c1c(ONc2ccccc2)c(=O)c1=O)c1cccc(F)c1. The molecular weight excluding hydrogens is 414 g/mol. The van der Waals surface area contributed by atoms with Crippen LogP contribution in [0.1, 0.15) is 35.7 Å². The van der Waals surface area contributed by atoms with Crippen LogP contribution in [0.2, 0.25) is 0 Å². The number of hydrogen-bond donors (Lipinski definition) is 2. The molecule has 4 aromatic carbocycles. The van der Waals surface area contributed by atoms with Crippen molar-refractivity contribution in [2.75, 3.05) is 5.48 Å². The third kappa shape index (κ3) is 4.43. The van der Waals surface area contributed by atoms with Crippen molar-refractivity contribution in [1.82, 2.24) is 5.32 Å². The summed E-state index contributed by atoms with van der Waals surface area (Å²) in [6.07, 6.45) is 0. The highest BCUT2D eigenvalue weighted by Gasteiger charge is 2.32. The zero-order valence-corrected chi connectivity index (χ0v) is 17.1. The first-order valence-corrected chi connectivity index (χ1v) is 10.0. The number of para-hydroxylation sites is 1. The summed E-state index contributed by atoms with van der Waals surface area (Å²) in [5, 5.41) is 3.25. The lowest BCUT2D eigenvalue weighted by Gasteiger charge is -2.26. The van der Waals surface area contributed by atoms with E-state index >= 15 is 0 Å². The molecule has 0 aliphatic heterocycles. The van der Waals surface area contributed by atoms with E-state index in [1.807, 2.05) is 6.07 Å². The maximum atomic E-state index is 13.7. The first-order chi connectivity index (χ1) is 15.4. The van der Waals surface area contributed by atoms with Crippen LogP contribution in [0.5, 0.6) is 5.75 Å². The van der Waals surface area contributed by atoms with E-state index < -0.39 is 22.7 Å². The summed E-state index contributed by atoms with van der Waals surface area (Å²) in [5.41, 5.74) is 3.16. The van der Waals surface area contributed by atoms with Gasteiger partial charge in [-0.15, -0.1) is 0 Å². The minimum absolute atomic E-state index is 0.118. The van der Waals surface area contributed by atoms with Crippen molar-refractivity contribution >= 4 is 5.69 Å². The molecule has 0 fully saturated rings. The average molecular weight is 434 g/mol. The number of anilines is 1. The quantitative estimate of drug-likeness (QED) is 0.318. The second-order valence-electron chi connectivity index (χ2n) is 7.40. The van der Waals surface area contributed by atoms with Crippen LogP contribution in [0.4, 0.5) is 14.5 Å². The number of rotatable bonds is 8. The molecule has 0 aliphatic rings. The predicted octanol–water partition coefficient (Wildman–Crippen LogP) is 4.41. The van der Waals surface area contributed by atoms with Gasteiger partial charge >= 0.3 is 0 Å². The van der Waals surface area contributed by atoms with E-state index in [1.165, 1.54) is 36.4 Å². The third-order valence-electron chi connectivity index (χ3n) is 5.20. The smallest absolute Gasteiger partial charge is 0.271 e. The van der Waals surface area contributed by atoms with Gasteiger partial charge in [0.1, 0.15) is 11.6 Å². The first-order valence-electron chi connectivity index (χ1n) is 10.0. The van der Waals surface area contributed by atoms with Crippen LogP contribution in [0.15, 0.2) is 88.5 Å². The summed E-state index contributed by atoms with van der Waals surface area (Å²) in [7, 11) is 0. The summed E-state index contributed by atoms with van der Waals surface area (Å²) < 4.78 is 27.2. The Morgan fingerprint density at radius 2 is 1.50 bits per heavy atom. The minimum atomic E-state index is -0.772. The van der Waals surface area contributed by atoms with E-state index in [1.54, 1.807) is 43.3 Å². The van der Waals surface area contributed by atoms with Crippen LogP contribution >= 0.6 is 0 Å². The van der Waals surface area contributed by atoms with Gasteiger partial charge in [0.25, 0.3) is 5.43 Å². The number of halogens is 2. The van der Waals surface area contributed by atoms with E-state index in [0.717, 1.165) is 0 Å². The van der Waals surface area contributed by atoms with Gasteiger partial charge in [0.2, 0.25) is 11.2 Å². The molecule has 5 nitrogen and oxygen atoms in total. The molecule has 0 saturated heterocycles. The summed E-state index contributed by atoms with van der Waals surface area (Å²) in [6, 6.07) is 19.4. The van der Waals surface area contributed by atoms with Crippen LogP contribution in [-0.4, -0.2) is 0 Å². The van der Waals surface area contributed by atoms with Crippen LogP contribution < -0.4 is 26.5 Å². The molecule has 7 heteroatoms. The zero-order chi connectivity index (χ0) is 22.7. The maximum absolute atomic E-state index is 13.7. The van der Waals surface area contributed by atoms with Gasteiger partial charge in [0, 0.05) is 6.04 Å². The highest BCUT2D eigenvalue weighted by Crippen LogP contribution is 2.30. The van der Waals surface area contributed by atoms with Gasteiger partial charge in [-0.05, 0) is 54.4 Å². The molecule has 0 spiro atoms. The Kier molecular flexibility index (Phi) is 6.09. The van der Waals surface area contributed by atoms with Gasteiger partial charge in [0.15, 0.2) is 0 Å². The van der Waals surface area contributed by atoms with Crippen molar-refractivity contribution < 1.29 is 13.6 Å². The molecule has 4 rings (SSSR count). The molecule has 0 saturated carbocycles. The van der Waals surface area contributed by atoms with Crippen molar-refractivity contribution in [3.8, 4) is 5.75 Å². The predicted molar refractivity (Wildman–Crippen MR) is 118 cm³/mol.